The molecule has 1 N–H and O–H groups in total. The van der Waals surface area contributed by atoms with E-state index in [0.29, 0.717) is 0 Å². The molecule has 0 aliphatic rings. The Hall–Kier alpha value is -1.34. The molecule has 0 bridgehead atoms. The lowest BCUT2D eigenvalue weighted by Crippen LogP contribution is -2.64. The highest BCUT2D eigenvalue weighted by molar-refractivity contribution is 5.76. The second-order valence-corrected chi connectivity index (χ2v) is 3.09. The molecule has 0 spiro atoms. The number of carbonyl (C=O) groups is 1. The first kappa shape index (κ1) is 18.7. The molecule has 0 aromatic carbocycles. The molecule has 0 aliphatic heterocycles. The molecule has 3 nitrogen and oxygen atoms in total. The maximum atomic E-state index is 12.8. The maximum absolute atomic E-state index is 12.8. The van der Waals surface area contributed by atoms with Crippen LogP contribution in [0.4, 0.5) is 48.3 Å². The molecule has 0 rings (SSSR count). The van der Waals surface area contributed by atoms with Crippen molar-refractivity contribution in [3.05, 3.63) is 0 Å². The molecule has 0 saturated heterocycles. The van der Waals surface area contributed by atoms with E-state index in [0.717, 1.165) is 0 Å². The first-order valence-electron chi connectivity index (χ1n) is 3.91. The van der Waals surface area contributed by atoms with Crippen LogP contribution in [0.15, 0.2) is 0 Å². The zero-order chi connectivity index (χ0) is 16.8. The van der Waals surface area contributed by atoms with Crippen molar-refractivity contribution >= 4 is 5.97 Å². The summed E-state index contributed by atoms with van der Waals surface area (Å²) in [6.45, 7) is 0. The number of ether oxygens (including phenoxy) is 1. The van der Waals surface area contributed by atoms with Gasteiger partial charge in [0.2, 0.25) is 0 Å². The summed E-state index contributed by atoms with van der Waals surface area (Å²) >= 11 is 0. The van der Waals surface area contributed by atoms with Gasteiger partial charge in [-0.25, -0.2) is 4.79 Å². The lowest BCUT2D eigenvalue weighted by Gasteiger charge is -2.34. The predicted molar refractivity (Wildman–Crippen MR) is 34.6 cm³/mol. The second kappa shape index (κ2) is 4.60. The fourth-order valence-electron chi connectivity index (χ4n) is 0.693. The Balaban J connectivity index is 6.00. The zero-order valence-electron chi connectivity index (χ0n) is 8.42. The number of hydrogen-bond donors (Lipinski definition) is 1. The van der Waals surface area contributed by atoms with Crippen LogP contribution in [-0.2, 0) is 9.53 Å². The van der Waals surface area contributed by atoms with Crippen LogP contribution >= 0.6 is 0 Å². The summed E-state index contributed by atoms with van der Waals surface area (Å²) in [5.41, 5.74) is 0. The van der Waals surface area contributed by atoms with E-state index in [1.165, 1.54) is 0 Å². The first-order valence-corrected chi connectivity index (χ1v) is 3.91. The van der Waals surface area contributed by atoms with Crippen LogP contribution < -0.4 is 0 Å². The molecule has 1 unspecified atom stereocenters. The van der Waals surface area contributed by atoms with E-state index in [4.69, 9.17) is 5.11 Å². The van der Waals surface area contributed by atoms with Crippen LogP contribution in [0.3, 0.4) is 0 Å². The summed E-state index contributed by atoms with van der Waals surface area (Å²) in [5.74, 6) is -17.7. The number of aliphatic carboxylic acids is 1. The average molecular weight is 330 g/mol. The minimum Gasteiger partial charge on any atom is -0.477 e. The molecule has 0 radical (unpaired) electrons. The Morgan fingerprint density at radius 1 is 0.700 bits per heavy atom. The molecule has 20 heavy (non-hydrogen) atoms. The molecule has 0 fully saturated rings. The molecular weight excluding hydrogens is 329 g/mol. The Morgan fingerprint density at radius 2 is 1.00 bits per heavy atom. The molecule has 0 saturated carbocycles. The van der Waals surface area contributed by atoms with Gasteiger partial charge in [0.1, 0.15) is 0 Å². The van der Waals surface area contributed by atoms with Gasteiger partial charge in [-0.15, -0.1) is 0 Å². The van der Waals surface area contributed by atoms with Crippen LogP contribution in [0.5, 0.6) is 0 Å². The fraction of sp³-hybridized carbons (Fsp3) is 0.833. The summed E-state index contributed by atoms with van der Waals surface area (Å²) < 4.78 is 134. The van der Waals surface area contributed by atoms with Crippen molar-refractivity contribution in [3.8, 4) is 0 Å². The zero-order valence-corrected chi connectivity index (χ0v) is 8.42. The van der Waals surface area contributed by atoms with Crippen molar-refractivity contribution in [3.63, 3.8) is 0 Å². The number of carboxylic acids is 1. The Bertz CT molecular complexity index is 365. The standard InChI is InChI=1S/C6HF11O3/c7-2(1(18)19,4(9,10)11)20-3(8,5(12,13)14)6(15,16)17/h(H,18,19). The molecule has 1 atom stereocenters. The molecule has 0 heterocycles. The van der Waals surface area contributed by atoms with Crippen molar-refractivity contribution in [2.75, 3.05) is 0 Å². The summed E-state index contributed by atoms with van der Waals surface area (Å²) in [6.07, 6.45) is -21.3. The number of rotatable bonds is 3. The van der Waals surface area contributed by atoms with Gasteiger partial charge in [-0.2, -0.15) is 48.3 Å². The van der Waals surface area contributed by atoms with Crippen molar-refractivity contribution in [1.82, 2.24) is 0 Å². The highest BCUT2D eigenvalue weighted by Gasteiger charge is 2.81. The maximum Gasteiger partial charge on any atom is 0.460 e. The molecular formula is C6HF11O3. The van der Waals surface area contributed by atoms with Crippen molar-refractivity contribution in [1.29, 1.82) is 0 Å². The third-order valence-electron chi connectivity index (χ3n) is 1.65. The smallest absolute Gasteiger partial charge is 0.460 e. The summed E-state index contributed by atoms with van der Waals surface area (Å²) in [7, 11) is 0. The SMILES string of the molecule is O=C(O)C(F)(OC(F)(C(F)(F)F)C(F)(F)F)C(F)(F)F. The predicted octanol–water partition coefficient (Wildman–Crippen LogP) is 3.11. The summed E-state index contributed by atoms with van der Waals surface area (Å²) in [5, 5.41) is 7.74. The van der Waals surface area contributed by atoms with Gasteiger partial charge in [0.05, 0.1) is 0 Å². The van der Waals surface area contributed by atoms with Crippen LogP contribution in [0.25, 0.3) is 0 Å². The van der Waals surface area contributed by atoms with Crippen LogP contribution in [0.1, 0.15) is 0 Å². The molecule has 0 aliphatic carbocycles. The number of carboxylic acid groups (broad SMARTS) is 1. The van der Waals surface area contributed by atoms with E-state index >= 15 is 0 Å². The van der Waals surface area contributed by atoms with Gasteiger partial charge in [0.15, 0.2) is 0 Å². The van der Waals surface area contributed by atoms with E-state index in [2.05, 4.69) is 0 Å². The molecule has 120 valence electrons. The van der Waals surface area contributed by atoms with Gasteiger partial charge in [-0.1, -0.05) is 0 Å². The highest BCUT2D eigenvalue weighted by atomic mass is 19.4. The summed E-state index contributed by atoms with van der Waals surface area (Å²) in [4.78, 5) is 9.88. The minimum atomic E-state index is -7.22. The number of hydrogen-bond acceptors (Lipinski definition) is 2. The second-order valence-electron chi connectivity index (χ2n) is 3.09. The van der Waals surface area contributed by atoms with Gasteiger partial charge < -0.3 is 5.11 Å². The first-order chi connectivity index (χ1) is 8.40. The third-order valence-corrected chi connectivity index (χ3v) is 1.65. The Kier molecular flexibility index (Phi) is 4.29. The van der Waals surface area contributed by atoms with Crippen LogP contribution in [-0.4, -0.2) is 41.3 Å². The van der Waals surface area contributed by atoms with Gasteiger partial charge in [0, 0.05) is 0 Å². The van der Waals surface area contributed by atoms with E-state index < -0.39 is 36.2 Å². The van der Waals surface area contributed by atoms with E-state index in [-0.39, 0.29) is 0 Å². The van der Waals surface area contributed by atoms with Crippen LogP contribution in [0.2, 0.25) is 0 Å². The van der Waals surface area contributed by atoms with Crippen molar-refractivity contribution in [2.45, 2.75) is 30.2 Å². The van der Waals surface area contributed by atoms with E-state index in [9.17, 15) is 53.1 Å². The van der Waals surface area contributed by atoms with Gasteiger partial charge in [0.25, 0.3) is 0 Å². The van der Waals surface area contributed by atoms with Crippen molar-refractivity contribution in [2.24, 2.45) is 0 Å². The minimum absolute atomic E-state index is 1.67. The highest BCUT2D eigenvalue weighted by Crippen LogP contribution is 2.51. The van der Waals surface area contributed by atoms with Gasteiger partial charge >= 0.3 is 36.2 Å². The molecule has 14 heteroatoms. The van der Waals surface area contributed by atoms with Gasteiger partial charge in [-0.3, -0.25) is 4.74 Å². The largest absolute Gasteiger partial charge is 0.477 e. The monoisotopic (exact) mass is 330 g/mol. The number of halogens is 11. The van der Waals surface area contributed by atoms with Gasteiger partial charge in [-0.05, 0) is 0 Å². The molecule has 0 amide bonds. The number of alkyl halides is 11. The lowest BCUT2D eigenvalue weighted by molar-refractivity contribution is -0.481. The molecule has 0 aromatic heterocycles. The molecule has 0 aromatic rings. The van der Waals surface area contributed by atoms with E-state index in [1.807, 2.05) is 0 Å². The summed E-state index contributed by atoms with van der Waals surface area (Å²) in [6, 6.07) is 0. The average Bonchev–Trinajstić information content (AvgIpc) is 2.11. The normalized spacial score (nSPS) is 17.8. The quantitative estimate of drug-likeness (QED) is 0.809. The Labute approximate surface area is 100 Å². The van der Waals surface area contributed by atoms with Crippen molar-refractivity contribution < 1.29 is 62.9 Å². The van der Waals surface area contributed by atoms with E-state index in [1.54, 1.807) is 4.74 Å². The lowest BCUT2D eigenvalue weighted by atomic mass is 10.2. The van der Waals surface area contributed by atoms with Crippen LogP contribution in [0, 0.1) is 0 Å². The topological polar surface area (TPSA) is 46.5 Å². The Morgan fingerprint density at radius 3 is 1.15 bits per heavy atom. The fourth-order valence-corrected chi connectivity index (χ4v) is 0.693. The third kappa shape index (κ3) is 2.88.